The molecule has 0 heterocycles. The minimum atomic E-state index is -2.51. The fraction of sp³-hybridized carbons (Fsp3) is 0.778. The zero-order chi connectivity index (χ0) is 10.9. The summed E-state index contributed by atoms with van der Waals surface area (Å²) in [5.74, 6) is 0. The second-order valence-electron chi connectivity index (χ2n) is 2.86. The van der Waals surface area contributed by atoms with E-state index in [1.54, 1.807) is 14.2 Å². The lowest BCUT2D eigenvalue weighted by molar-refractivity contribution is 0.110. The molecule has 0 rings (SSSR count). The van der Waals surface area contributed by atoms with E-state index in [2.05, 4.69) is 0 Å². The summed E-state index contributed by atoms with van der Waals surface area (Å²) in [6, 6.07) is 0. The Morgan fingerprint density at radius 2 is 1.86 bits per heavy atom. The van der Waals surface area contributed by atoms with Gasteiger partial charge in [0.2, 0.25) is 0 Å². The summed E-state index contributed by atoms with van der Waals surface area (Å²) >= 11 is 0. The van der Waals surface area contributed by atoms with Gasteiger partial charge in [-0.3, -0.25) is 0 Å². The maximum atomic E-state index is 5.62. The van der Waals surface area contributed by atoms with Gasteiger partial charge in [0.25, 0.3) is 0 Å². The topological polar surface area (TPSA) is 53.7 Å². The van der Waals surface area contributed by atoms with Crippen molar-refractivity contribution in [2.75, 3.05) is 27.4 Å². The molecule has 0 amide bonds. The largest absolute Gasteiger partial charge is 0.528 e. The van der Waals surface area contributed by atoms with Crippen LogP contribution in [0.5, 0.6) is 0 Å². The Morgan fingerprint density at radius 1 is 1.21 bits per heavy atom. The molecule has 0 aromatic rings. The first-order chi connectivity index (χ1) is 6.74. The molecule has 0 spiro atoms. The van der Waals surface area contributed by atoms with Gasteiger partial charge in [-0.15, -0.1) is 0 Å². The van der Waals surface area contributed by atoms with Crippen LogP contribution in [-0.4, -0.2) is 36.2 Å². The number of hydrogen-bond donors (Lipinski definition) is 1. The molecule has 0 aromatic heterocycles. The minimum absolute atomic E-state index is 0.634. The van der Waals surface area contributed by atoms with E-state index in [4.69, 9.17) is 19.0 Å². The molecular weight excluding hydrogens is 198 g/mol. The van der Waals surface area contributed by atoms with Crippen LogP contribution in [0.25, 0.3) is 0 Å². The molecule has 0 atom stereocenters. The summed E-state index contributed by atoms with van der Waals surface area (Å²) < 4.78 is 16.2. The van der Waals surface area contributed by atoms with Gasteiger partial charge < -0.3 is 19.0 Å². The molecule has 14 heavy (non-hydrogen) atoms. The number of hydrogen-bond acceptors (Lipinski definition) is 4. The van der Waals surface area contributed by atoms with Crippen molar-refractivity contribution >= 4 is 8.80 Å². The summed E-state index contributed by atoms with van der Waals surface area (Å²) in [5, 5.41) is 0. The van der Waals surface area contributed by atoms with E-state index in [1.807, 2.05) is 18.7 Å². The molecule has 0 aliphatic rings. The molecule has 0 aliphatic carbocycles. The van der Waals surface area contributed by atoms with Crippen molar-refractivity contribution in [1.82, 2.24) is 0 Å². The van der Waals surface area contributed by atoms with Gasteiger partial charge in [-0.05, 0) is 32.0 Å². The van der Waals surface area contributed by atoms with E-state index in [9.17, 15) is 0 Å². The van der Waals surface area contributed by atoms with Crippen LogP contribution in [0.2, 0.25) is 0 Å². The van der Waals surface area contributed by atoms with Gasteiger partial charge in [0.05, 0.1) is 0 Å². The molecule has 0 unspecified atom stereocenters. The highest BCUT2D eigenvalue weighted by Gasteiger charge is 2.35. The lowest BCUT2D eigenvalue weighted by Gasteiger charge is -2.22. The number of rotatable bonds is 8. The highest BCUT2D eigenvalue weighted by Crippen LogP contribution is 2.09. The van der Waals surface area contributed by atoms with Crippen LogP contribution in [-0.2, 0) is 13.3 Å². The van der Waals surface area contributed by atoms with Crippen molar-refractivity contribution < 1.29 is 13.3 Å². The molecule has 84 valence electrons. The SMILES string of the molecule is CC=C[Si](OC)(OC)OCCCCN. The third-order valence-electron chi connectivity index (χ3n) is 1.84. The van der Waals surface area contributed by atoms with Gasteiger partial charge in [0.15, 0.2) is 0 Å². The van der Waals surface area contributed by atoms with Crippen LogP contribution < -0.4 is 5.73 Å². The Balaban J connectivity index is 3.95. The van der Waals surface area contributed by atoms with Crippen molar-refractivity contribution in [1.29, 1.82) is 0 Å². The van der Waals surface area contributed by atoms with Crippen LogP contribution in [0.4, 0.5) is 0 Å². The van der Waals surface area contributed by atoms with Crippen molar-refractivity contribution in [3.05, 3.63) is 11.8 Å². The van der Waals surface area contributed by atoms with E-state index >= 15 is 0 Å². The average molecular weight is 219 g/mol. The zero-order valence-corrected chi connectivity index (χ0v) is 10.3. The zero-order valence-electron chi connectivity index (χ0n) is 9.29. The van der Waals surface area contributed by atoms with E-state index in [-0.39, 0.29) is 0 Å². The predicted octanol–water partition coefficient (Wildman–Crippen LogP) is 1.09. The monoisotopic (exact) mass is 219 g/mol. The summed E-state index contributed by atoms with van der Waals surface area (Å²) in [5.41, 5.74) is 7.25. The number of nitrogens with two attached hydrogens (primary N) is 1. The number of allylic oxidation sites excluding steroid dienone is 1. The fourth-order valence-corrected chi connectivity index (χ4v) is 2.66. The normalized spacial score (nSPS) is 12.6. The predicted molar refractivity (Wildman–Crippen MR) is 58.8 cm³/mol. The van der Waals surface area contributed by atoms with Crippen molar-refractivity contribution in [3.63, 3.8) is 0 Å². The molecule has 0 saturated heterocycles. The van der Waals surface area contributed by atoms with E-state index in [1.165, 1.54) is 0 Å². The molecule has 4 nitrogen and oxygen atoms in total. The molecular formula is C9H21NO3Si. The molecule has 5 heteroatoms. The molecule has 0 fully saturated rings. The van der Waals surface area contributed by atoms with Gasteiger partial charge in [0, 0.05) is 20.8 Å². The number of unbranched alkanes of at least 4 members (excludes halogenated alkanes) is 1. The van der Waals surface area contributed by atoms with Crippen LogP contribution in [0, 0.1) is 0 Å². The maximum Gasteiger partial charge on any atom is 0.528 e. The van der Waals surface area contributed by atoms with E-state index < -0.39 is 8.80 Å². The second-order valence-corrected chi connectivity index (χ2v) is 5.50. The minimum Gasteiger partial charge on any atom is -0.374 e. The first-order valence-electron chi connectivity index (χ1n) is 4.83. The lowest BCUT2D eigenvalue weighted by atomic mass is 10.3. The Bertz CT molecular complexity index is 160. The summed E-state index contributed by atoms with van der Waals surface area (Å²) in [6.45, 7) is 3.25. The molecule has 0 aliphatic heterocycles. The first kappa shape index (κ1) is 13.8. The Labute approximate surface area is 87.4 Å². The van der Waals surface area contributed by atoms with Gasteiger partial charge in [-0.1, -0.05) is 6.08 Å². The van der Waals surface area contributed by atoms with Crippen LogP contribution in [0.1, 0.15) is 19.8 Å². The summed E-state index contributed by atoms with van der Waals surface area (Å²) in [4.78, 5) is 0. The summed E-state index contributed by atoms with van der Waals surface area (Å²) in [6.07, 6.45) is 3.80. The van der Waals surface area contributed by atoms with Gasteiger partial charge in [0.1, 0.15) is 0 Å². The lowest BCUT2D eigenvalue weighted by Crippen LogP contribution is -2.42. The highest BCUT2D eigenvalue weighted by molar-refractivity contribution is 6.66. The van der Waals surface area contributed by atoms with E-state index in [0.29, 0.717) is 13.2 Å². The van der Waals surface area contributed by atoms with E-state index in [0.717, 1.165) is 12.8 Å². The molecule has 0 bridgehead atoms. The van der Waals surface area contributed by atoms with Crippen molar-refractivity contribution in [2.45, 2.75) is 19.8 Å². The second kappa shape index (κ2) is 8.13. The summed E-state index contributed by atoms with van der Waals surface area (Å²) in [7, 11) is 0.705. The first-order valence-corrected chi connectivity index (χ1v) is 6.63. The Kier molecular flexibility index (Phi) is 8.02. The van der Waals surface area contributed by atoms with Crippen LogP contribution >= 0.6 is 0 Å². The van der Waals surface area contributed by atoms with Crippen molar-refractivity contribution in [3.8, 4) is 0 Å². The van der Waals surface area contributed by atoms with Crippen LogP contribution in [0.3, 0.4) is 0 Å². The molecule has 0 aromatic carbocycles. The third-order valence-corrected chi connectivity index (χ3v) is 4.33. The quantitative estimate of drug-likeness (QED) is 0.490. The average Bonchev–Trinajstić information content (AvgIpc) is 2.23. The standard InChI is InChI=1S/C9H21NO3Si/c1-4-9-14(11-2,12-3)13-8-6-5-7-10/h4,9H,5-8,10H2,1-3H3. The smallest absolute Gasteiger partial charge is 0.374 e. The third kappa shape index (κ3) is 4.87. The molecule has 0 saturated carbocycles. The maximum absolute atomic E-state index is 5.62. The Hall–Kier alpha value is -0.203. The Morgan fingerprint density at radius 3 is 2.29 bits per heavy atom. The van der Waals surface area contributed by atoms with Gasteiger partial charge in [-0.25, -0.2) is 0 Å². The van der Waals surface area contributed by atoms with Crippen molar-refractivity contribution in [2.24, 2.45) is 5.73 Å². The van der Waals surface area contributed by atoms with Crippen LogP contribution in [0.15, 0.2) is 11.8 Å². The van der Waals surface area contributed by atoms with Gasteiger partial charge >= 0.3 is 8.80 Å². The fourth-order valence-electron chi connectivity index (χ4n) is 1.05. The van der Waals surface area contributed by atoms with Gasteiger partial charge in [-0.2, -0.15) is 0 Å². The highest BCUT2D eigenvalue weighted by atomic mass is 28.4. The molecule has 0 radical (unpaired) electrons. The molecule has 2 N–H and O–H groups in total.